The summed E-state index contributed by atoms with van der Waals surface area (Å²) in [6, 6.07) is 12.4. The Morgan fingerprint density at radius 3 is 2.44 bits per heavy atom. The van der Waals surface area contributed by atoms with Crippen LogP contribution in [0.25, 0.3) is 0 Å². The third-order valence-corrected chi connectivity index (χ3v) is 4.72. The van der Waals surface area contributed by atoms with E-state index in [1.165, 1.54) is 0 Å². The first-order valence-corrected chi connectivity index (χ1v) is 11.8. The number of hydrogen-bond donors (Lipinski definition) is 1. The molecule has 1 aromatic carbocycles. The molecule has 0 aliphatic heterocycles. The van der Waals surface area contributed by atoms with Gasteiger partial charge in [0.15, 0.2) is 11.3 Å². The average Bonchev–Trinajstić information content (AvgIpc) is 2.56. The lowest BCUT2D eigenvalue weighted by molar-refractivity contribution is 0.290. The predicted molar refractivity (Wildman–Crippen MR) is 101 cm³/mol. The van der Waals surface area contributed by atoms with E-state index in [-0.39, 0.29) is 23.8 Å². The Morgan fingerprint density at radius 2 is 1.84 bits per heavy atom. The first-order chi connectivity index (χ1) is 11.8. The van der Waals surface area contributed by atoms with Gasteiger partial charge in [-0.2, -0.15) is 5.26 Å². The number of rotatable bonds is 4. The molecule has 2 aromatic rings. The maximum Gasteiger partial charge on any atom is 0.236 e. The van der Waals surface area contributed by atoms with E-state index in [4.69, 9.17) is 4.74 Å². The van der Waals surface area contributed by atoms with Crippen molar-refractivity contribution < 1.29 is 9.84 Å². The van der Waals surface area contributed by atoms with E-state index in [2.05, 4.69) is 36.5 Å². The smallest absolute Gasteiger partial charge is 0.236 e. The number of nitriles is 1. The van der Waals surface area contributed by atoms with E-state index < -0.39 is 8.07 Å². The van der Waals surface area contributed by atoms with Gasteiger partial charge in [0.2, 0.25) is 5.88 Å². The van der Waals surface area contributed by atoms with Gasteiger partial charge in [-0.25, -0.2) is 4.98 Å². The first kappa shape index (κ1) is 18.6. The maximum atomic E-state index is 10.4. The summed E-state index contributed by atoms with van der Waals surface area (Å²) in [5.41, 5.74) is 1.95. The summed E-state index contributed by atoms with van der Waals surface area (Å²) in [6.45, 7) is 8.73. The van der Waals surface area contributed by atoms with Crippen LogP contribution in [-0.4, -0.2) is 18.2 Å². The Balaban J connectivity index is 2.30. The molecular formula is C20H22N2O2Si. The molecule has 0 fully saturated rings. The van der Waals surface area contributed by atoms with E-state index in [9.17, 15) is 10.4 Å². The Labute approximate surface area is 150 Å². The Morgan fingerprint density at radius 1 is 1.16 bits per heavy atom. The van der Waals surface area contributed by atoms with Crippen molar-refractivity contribution in [1.82, 2.24) is 4.98 Å². The van der Waals surface area contributed by atoms with Crippen molar-refractivity contribution in [3.63, 3.8) is 0 Å². The maximum absolute atomic E-state index is 10.4. The number of nitrogens with zero attached hydrogens (tertiary/aromatic N) is 2. The van der Waals surface area contributed by atoms with Gasteiger partial charge in [0.05, 0.1) is 19.3 Å². The molecule has 0 saturated carbocycles. The van der Waals surface area contributed by atoms with Crippen LogP contribution < -0.4 is 4.74 Å². The molecule has 1 heterocycles. The highest BCUT2D eigenvalue weighted by molar-refractivity contribution is 6.76. The molecule has 0 spiro atoms. The van der Waals surface area contributed by atoms with Crippen LogP contribution in [0.5, 0.6) is 11.6 Å². The van der Waals surface area contributed by atoms with Crippen LogP contribution in [0.1, 0.15) is 22.4 Å². The molecule has 0 atom stereocenters. The van der Waals surface area contributed by atoms with Gasteiger partial charge in [0, 0.05) is 6.04 Å². The van der Waals surface area contributed by atoms with Gasteiger partial charge in [0.25, 0.3) is 0 Å². The molecule has 1 aromatic heterocycles. The second-order valence-corrected chi connectivity index (χ2v) is 12.5. The minimum Gasteiger partial charge on any atom is -0.505 e. The summed E-state index contributed by atoms with van der Waals surface area (Å²) in [4.78, 5) is 4.34. The lowest BCUT2D eigenvalue weighted by Gasteiger charge is -2.12. The standard InChI is InChI=1S/C20H22N2O2Si/c1-15-17(11-8-12-25(2,3)4)19(23)18(13-21)20(22-15)24-14-16-9-6-5-7-10-16/h5-7,9-10H,12,14H2,1-4H3,(H,22,23). The number of pyridine rings is 1. The van der Waals surface area contributed by atoms with Gasteiger partial charge in [0.1, 0.15) is 12.7 Å². The second-order valence-electron chi connectivity index (χ2n) is 7.03. The molecule has 0 radical (unpaired) electrons. The van der Waals surface area contributed by atoms with Crippen molar-refractivity contribution in [3.8, 4) is 29.5 Å². The summed E-state index contributed by atoms with van der Waals surface area (Å²) in [6.07, 6.45) is 0. The molecule has 128 valence electrons. The van der Waals surface area contributed by atoms with Crippen LogP contribution >= 0.6 is 0 Å². The Bertz CT molecular complexity index is 854. The molecule has 25 heavy (non-hydrogen) atoms. The molecule has 0 saturated heterocycles. The van der Waals surface area contributed by atoms with Crippen molar-refractivity contribution in [2.45, 2.75) is 39.2 Å². The summed E-state index contributed by atoms with van der Waals surface area (Å²) >= 11 is 0. The van der Waals surface area contributed by atoms with Crippen LogP contribution in [0.15, 0.2) is 30.3 Å². The van der Waals surface area contributed by atoms with Crippen LogP contribution in [0.3, 0.4) is 0 Å². The first-order valence-electron chi connectivity index (χ1n) is 8.11. The lowest BCUT2D eigenvalue weighted by atomic mass is 10.1. The molecule has 2 rings (SSSR count). The van der Waals surface area contributed by atoms with Crippen LogP contribution in [0, 0.1) is 30.1 Å². The van der Waals surface area contributed by atoms with Gasteiger partial charge < -0.3 is 9.84 Å². The van der Waals surface area contributed by atoms with E-state index in [0.29, 0.717) is 11.3 Å². The van der Waals surface area contributed by atoms with E-state index in [1.807, 2.05) is 36.4 Å². The number of aromatic hydroxyl groups is 1. The van der Waals surface area contributed by atoms with Gasteiger partial charge in [-0.3, -0.25) is 0 Å². The third kappa shape index (κ3) is 5.10. The Kier molecular flexibility index (Phi) is 5.85. The normalized spacial score (nSPS) is 10.5. The minimum absolute atomic E-state index is 0.0267. The van der Waals surface area contributed by atoms with Gasteiger partial charge in [-0.1, -0.05) is 55.9 Å². The second kappa shape index (κ2) is 7.87. The fourth-order valence-electron chi connectivity index (χ4n) is 2.14. The van der Waals surface area contributed by atoms with Crippen LogP contribution in [-0.2, 0) is 6.61 Å². The lowest BCUT2D eigenvalue weighted by Crippen LogP contribution is -2.17. The fourth-order valence-corrected chi connectivity index (χ4v) is 2.76. The van der Waals surface area contributed by atoms with E-state index in [1.54, 1.807) is 6.92 Å². The molecule has 0 aliphatic carbocycles. The third-order valence-electron chi connectivity index (χ3n) is 3.48. The summed E-state index contributed by atoms with van der Waals surface area (Å²) < 4.78 is 5.65. The Hall–Kier alpha value is -2.76. The molecular weight excluding hydrogens is 328 g/mol. The van der Waals surface area contributed by atoms with Gasteiger partial charge >= 0.3 is 0 Å². The van der Waals surface area contributed by atoms with Gasteiger partial charge in [-0.05, 0) is 12.5 Å². The van der Waals surface area contributed by atoms with Gasteiger partial charge in [-0.15, -0.1) is 5.92 Å². The average molecular weight is 350 g/mol. The number of aryl methyl sites for hydroxylation is 1. The molecule has 4 nitrogen and oxygen atoms in total. The van der Waals surface area contributed by atoms with Crippen molar-refractivity contribution in [2.75, 3.05) is 0 Å². The van der Waals surface area contributed by atoms with E-state index >= 15 is 0 Å². The highest BCUT2D eigenvalue weighted by atomic mass is 28.3. The monoisotopic (exact) mass is 350 g/mol. The predicted octanol–water partition coefficient (Wildman–Crippen LogP) is 4.24. The van der Waals surface area contributed by atoms with Crippen molar-refractivity contribution >= 4 is 8.07 Å². The quantitative estimate of drug-likeness (QED) is 0.662. The van der Waals surface area contributed by atoms with Crippen molar-refractivity contribution in [2.24, 2.45) is 0 Å². The summed E-state index contributed by atoms with van der Waals surface area (Å²) in [5.74, 6) is 6.08. The molecule has 0 aliphatic rings. The largest absolute Gasteiger partial charge is 0.505 e. The SMILES string of the molecule is Cc1nc(OCc2ccccc2)c(C#N)c(O)c1C#CC[Si](C)(C)C. The van der Waals surface area contributed by atoms with Crippen LogP contribution in [0.4, 0.5) is 0 Å². The zero-order valence-electron chi connectivity index (χ0n) is 15.1. The van der Waals surface area contributed by atoms with E-state index in [0.717, 1.165) is 11.6 Å². The van der Waals surface area contributed by atoms with Crippen molar-refractivity contribution in [1.29, 1.82) is 5.26 Å². The number of ether oxygens (including phenoxy) is 1. The highest BCUT2D eigenvalue weighted by Gasteiger charge is 2.18. The minimum atomic E-state index is -1.29. The van der Waals surface area contributed by atoms with Crippen molar-refractivity contribution in [3.05, 3.63) is 52.7 Å². The molecule has 0 unspecified atom stereocenters. The molecule has 0 amide bonds. The topological polar surface area (TPSA) is 66.1 Å². The zero-order chi connectivity index (χ0) is 18.4. The molecule has 1 N–H and O–H groups in total. The summed E-state index contributed by atoms with van der Waals surface area (Å²) in [5, 5.41) is 19.8. The highest BCUT2D eigenvalue weighted by Crippen LogP contribution is 2.31. The molecule has 5 heteroatoms. The van der Waals surface area contributed by atoms with Crippen LogP contribution in [0.2, 0.25) is 25.7 Å². The summed E-state index contributed by atoms with van der Waals surface area (Å²) in [7, 11) is -1.29. The zero-order valence-corrected chi connectivity index (χ0v) is 16.1. The molecule has 0 bridgehead atoms. The fraction of sp³-hybridized carbons (Fsp3) is 0.300. The number of hydrogen-bond acceptors (Lipinski definition) is 4. The number of aromatic nitrogens is 1. The number of benzene rings is 1.